The molecule has 0 aliphatic rings. The molecule has 0 spiro atoms. The summed E-state index contributed by atoms with van der Waals surface area (Å²) in [6.07, 6.45) is 5.98. The first-order chi connectivity index (χ1) is 8.54. The van der Waals surface area contributed by atoms with E-state index in [1.807, 2.05) is 12.1 Å². The molecule has 0 saturated heterocycles. The average molecular weight is 315 g/mol. The van der Waals surface area contributed by atoms with Crippen molar-refractivity contribution in [3.05, 3.63) is 27.7 Å². The lowest BCUT2D eigenvalue weighted by atomic mass is 10.0. The van der Waals surface area contributed by atoms with E-state index in [9.17, 15) is 5.11 Å². The van der Waals surface area contributed by atoms with Crippen molar-refractivity contribution in [2.75, 3.05) is 0 Å². The highest BCUT2D eigenvalue weighted by Gasteiger charge is 2.07. The van der Waals surface area contributed by atoms with Crippen molar-refractivity contribution < 1.29 is 10.2 Å². The molecule has 0 fully saturated rings. The van der Waals surface area contributed by atoms with Crippen molar-refractivity contribution in [3.63, 3.8) is 0 Å². The van der Waals surface area contributed by atoms with Crippen LogP contribution in [0, 0.1) is 5.92 Å². The van der Waals surface area contributed by atoms with Gasteiger partial charge >= 0.3 is 0 Å². The molecule has 18 heavy (non-hydrogen) atoms. The molecule has 1 rings (SSSR count). The van der Waals surface area contributed by atoms with Crippen LogP contribution < -0.4 is 0 Å². The Balaban J connectivity index is 2.45. The third-order valence-corrected chi connectivity index (χ3v) is 3.72. The molecular formula is C15H23BrO2. The van der Waals surface area contributed by atoms with Gasteiger partial charge in [-0.3, -0.25) is 0 Å². The van der Waals surface area contributed by atoms with Crippen molar-refractivity contribution in [1.82, 2.24) is 0 Å². The first-order valence-corrected chi connectivity index (χ1v) is 7.45. The minimum absolute atomic E-state index is 0.119. The Kier molecular flexibility index (Phi) is 6.72. The summed E-state index contributed by atoms with van der Waals surface area (Å²) in [6, 6.07) is 3.83. The van der Waals surface area contributed by atoms with Gasteiger partial charge in [-0.05, 0) is 52.4 Å². The normalized spacial score (nSPS) is 11.2. The van der Waals surface area contributed by atoms with Gasteiger partial charge in [0.1, 0.15) is 5.75 Å². The van der Waals surface area contributed by atoms with E-state index in [4.69, 9.17) is 5.11 Å². The lowest BCUT2D eigenvalue weighted by molar-refractivity contribution is 0.275. The number of hydrogen-bond acceptors (Lipinski definition) is 2. The topological polar surface area (TPSA) is 40.5 Å². The maximum Gasteiger partial charge on any atom is 0.135 e. The predicted molar refractivity (Wildman–Crippen MR) is 78.7 cm³/mol. The molecule has 1 aromatic rings. The van der Waals surface area contributed by atoms with Gasteiger partial charge in [-0.25, -0.2) is 0 Å². The van der Waals surface area contributed by atoms with Gasteiger partial charge in [0.2, 0.25) is 0 Å². The Morgan fingerprint density at radius 2 is 1.89 bits per heavy atom. The third-order valence-electron chi connectivity index (χ3n) is 3.12. The number of hydrogen-bond donors (Lipinski definition) is 2. The van der Waals surface area contributed by atoms with Crippen LogP contribution in [0.4, 0.5) is 0 Å². The summed E-state index contributed by atoms with van der Waals surface area (Å²) in [7, 11) is 0. The lowest BCUT2D eigenvalue weighted by Crippen LogP contribution is -1.93. The second kappa shape index (κ2) is 7.80. The Morgan fingerprint density at radius 1 is 1.17 bits per heavy atom. The third kappa shape index (κ3) is 4.99. The van der Waals surface area contributed by atoms with E-state index in [1.165, 1.54) is 24.8 Å². The largest absolute Gasteiger partial charge is 0.506 e. The van der Waals surface area contributed by atoms with Crippen LogP contribution in [0.2, 0.25) is 0 Å². The van der Waals surface area contributed by atoms with E-state index in [0.717, 1.165) is 18.8 Å². The molecule has 0 aromatic heterocycles. The van der Waals surface area contributed by atoms with Crippen molar-refractivity contribution in [2.24, 2.45) is 5.92 Å². The maximum absolute atomic E-state index is 9.69. The fraction of sp³-hybridized carbons (Fsp3) is 0.600. The van der Waals surface area contributed by atoms with Crippen molar-refractivity contribution in [3.8, 4) is 5.75 Å². The average Bonchev–Trinajstić information content (AvgIpc) is 2.32. The number of aliphatic hydroxyl groups excluding tert-OH is 1. The molecule has 0 aliphatic heterocycles. The highest BCUT2D eigenvalue weighted by molar-refractivity contribution is 9.10. The summed E-state index contributed by atoms with van der Waals surface area (Å²) in [5.41, 5.74) is 1.77. The summed E-state index contributed by atoms with van der Waals surface area (Å²) >= 11 is 3.32. The van der Waals surface area contributed by atoms with Gasteiger partial charge in [-0.2, -0.15) is 0 Å². The van der Waals surface area contributed by atoms with E-state index in [-0.39, 0.29) is 12.4 Å². The second-order valence-electron chi connectivity index (χ2n) is 5.24. The molecule has 102 valence electrons. The number of rotatable bonds is 7. The number of halogens is 1. The Hall–Kier alpha value is -0.540. The monoisotopic (exact) mass is 314 g/mol. The Morgan fingerprint density at radius 3 is 2.50 bits per heavy atom. The number of aromatic hydroxyl groups is 1. The molecular weight excluding hydrogens is 292 g/mol. The molecule has 0 atom stereocenters. The van der Waals surface area contributed by atoms with Gasteiger partial charge < -0.3 is 10.2 Å². The minimum Gasteiger partial charge on any atom is -0.506 e. The summed E-state index contributed by atoms with van der Waals surface area (Å²) in [6.45, 7) is 4.39. The smallest absolute Gasteiger partial charge is 0.135 e. The van der Waals surface area contributed by atoms with E-state index in [1.54, 1.807) is 0 Å². The molecule has 3 heteroatoms. The van der Waals surface area contributed by atoms with Crippen LogP contribution in [0.25, 0.3) is 0 Å². The van der Waals surface area contributed by atoms with Crippen LogP contribution in [-0.4, -0.2) is 10.2 Å². The predicted octanol–water partition coefficient (Wildman–Crippen LogP) is 4.41. The van der Waals surface area contributed by atoms with E-state index >= 15 is 0 Å². The van der Waals surface area contributed by atoms with Gasteiger partial charge in [0.05, 0.1) is 11.1 Å². The highest BCUT2D eigenvalue weighted by atomic mass is 79.9. The van der Waals surface area contributed by atoms with Crippen LogP contribution in [0.3, 0.4) is 0 Å². The van der Waals surface area contributed by atoms with Crippen LogP contribution >= 0.6 is 15.9 Å². The van der Waals surface area contributed by atoms with Gasteiger partial charge in [-0.1, -0.05) is 33.1 Å². The lowest BCUT2D eigenvalue weighted by Gasteiger charge is -2.09. The van der Waals surface area contributed by atoms with E-state index in [0.29, 0.717) is 10.0 Å². The quantitative estimate of drug-likeness (QED) is 0.732. The zero-order valence-corrected chi connectivity index (χ0v) is 12.8. The minimum atomic E-state index is -0.119. The zero-order valence-electron chi connectivity index (χ0n) is 11.2. The van der Waals surface area contributed by atoms with Crippen LogP contribution in [0.15, 0.2) is 16.6 Å². The SMILES string of the molecule is CC(C)CCCCCc1cc(Br)c(O)c(CO)c1. The van der Waals surface area contributed by atoms with E-state index < -0.39 is 0 Å². The number of phenols is 1. The Bertz CT molecular complexity index is 375. The van der Waals surface area contributed by atoms with E-state index in [2.05, 4.69) is 29.8 Å². The number of aliphatic hydroxyl groups is 1. The fourth-order valence-corrected chi connectivity index (χ4v) is 2.59. The van der Waals surface area contributed by atoms with Crippen molar-refractivity contribution >= 4 is 15.9 Å². The van der Waals surface area contributed by atoms with Gasteiger partial charge in [-0.15, -0.1) is 0 Å². The number of aryl methyl sites for hydroxylation is 1. The standard InChI is InChI=1S/C15H23BrO2/c1-11(2)6-4-3-5-7-12-8-13(10-17)15(18)14(16)9-12/h8-9,11,17-18H,3-7,10H2,1-2H3. The van der Waals surface area contributed by atoms with Crippen LogP contribution in [0.5, 0.6) is 5.75 Å². The molecule has 0 bridgehead atoms. The summed E-state index contributed by atoms with van der Waals surface area (Å²) in [5.74, 6) is 0.940. The summed E-state index contributed by atoms with van der Waals surface area (Å²) in [4.78, 5) is 0. The Labute approximate surface area is 118 Å². The molecule has 0 heterocycles. The molecule has 0 unspecified atom stereocenters. The van der Waals surface area contributed by atoms with Crippen molar-refractivity contribution in [1.29, 1.82) is 0 Å². The molecule has 0 saturated carbocycles. The number of unbranched alkanes of at least 4 members (excludes halogenated alkanes) is 2. The van der Waals surface area contributed by atoms with Gasteiger partial charge in [0.15, 0.2) is 0 Å². The number of benzene rings is 1. The molecule has 1 aromatic carbocycles. The molecule has 2 N–H and O–H groups in total. The fourth-order valence-electron chi connectivity index (χ4n) is 2.04. The summed E-state index contributed by atoms with van der Waals surface area (Å²) in [5, 5.41) is 18.8. The van der Waals surface area contributed by atoms with Gasteiger partial charge in [0, 0.05) is 5.56 Å². The second-order valence-corrected chi connectivity index (χ2v) is 6.09. The maximum atomic E-state index is 9.69. The summed E-state index contributed by atoms with van der Waals surface area (Å²) < 4.78 is 0.672. The molecule has 0 radical (unpaired) electrons. The van der Waals surface area contributed by atoms with Crippen molar-refractivity contribution in [2.45, 2.75) is 52.6 Å². The van der Waals surface area contributed by atoms with Gasteiger partial charge in [0.25, 0.3) is 0 Å². The first-order valence-electron chi connectivity index (χ1n) is 6.65. The van der Waals surface area contributed by atoms with Crippen LogP contribution in [-0.2, 0) is 13.0 Å². The van der Waals surface area contributed by atoms with Crippen LogP contribution in [0.1, 0.15) is 50.7 Å². The first kappa shape index (κ1) is 15.5. The molecule has 0 aliphatic carbocycles. The highest BCUT2D eigenvalue weighted by Crippen LogP contribution is 2.30. The molecule has 0 amide bonds. The molecule has 2 nitrogen and oxygen atoms in total. The zero-order chi connectivity index (χ0) is 13.5.